The standard InChI is InChI=1S/C27H30BrN3O4S/c1-20-8-7-11-22(16-20)18-30(25(27(33)29-2)17-21-9-5-4-6-10-21)26(32)19-31(36(3,34)35)24-14-12-23(28)13-15-24/h4-16,25H,17-19H2,1-3H3,(H,29,33)/t25-/m0/s1. The van der Waals surface area contributed by atoms with E-state index >= 15 is 0 Å². The van der Waals surface area contributed by atoms with Gasteiger partial charge in [-0.05, 0) is 42.3 Å². The quantitative estimate of drug-likeness (QED) is 0.399. The van der Waals surface area contributed by atoms with Crippen molar-refractivity contribution in [1.29, 1.82) is 0 Å². The van der Waals surface area contributed by atoms with Gasteiger partial charge in [-0.2, -0.15) is 0 Å². The molecule has 2 amide bonds. The highest BCUT2D eigenvalue weighted by atomic mass is 79.9. The average Bonchev–Trinajstić information content (AvgIpc) is 2.84. The molecule has 36 heavy (non-hydrogen) atoms. The first-order chi connectivity index (χ1) is 17.1. The van der Waals surface area contributed by atoms with Gasteiger partial charge in [0, 0.05) is 24.5 Å². The molecule has 0 aliphatic rings. The third-order valence-corrected chi connectivity index (χ3v) is 7.42. The lowest BCUT2D eigenvalue weighted by molar-refractivity contribution is -0.139. The Bertz CT molecular complexity index is 1300. The van der Waals surface area contributed by atoms with Gasteiger partial charge >= 0.3 is 0 Å². The van der Waals surface area contributed by atoms with Crippen molar-refractivity contribution >= 4 is 43.5 Å². The van der Waals surface area contributed by atoms with E-state index in [4.69, 9.17) is 0 Å². The van der Waals surface area contributed by atoms with Crippen molar-refractivity contribution in [1.82, 2.24) is 10.2 Å². The van der Waals surface area contributed by atoms with Gasteiger partial charge in [-0.3, -0.25) is 13.9 Å². The zero-order valence-corrected chi connectivity index (χ0v) is 22.9. The van der Waals surface area contributed by atoms with Crippen LogP contribution >= 0.6 is 15.9 Å². The van der Waals surface area contributed by atoms with E-state index in [1.165, 1.54) is 11.9 Å². The third-order valence-electron chi connectivity index (χ3n) is 5.75. The number of carbonyl (C=O) groups excluding carboxylic acids is 2. The summed E-state index contributed by atoms with van der Waals surface area (Å²) in [5.41, 5.74) is 3.12. The van der Waals surface area contributed by atoms with Gasteiger partial charge in [-0.1, -0.05) is 76.1 Å². The van der Waals surface area contributed by atoms with Gasteiger partial charge in [0.2, 0.25) is 21.8 Å². The molecule has 0 saturated heterocycles. The van der Waals surface area contributed by atoms with Gasteiger partial charge in [-0.25, -0.2) is 8.42 Å². The summed E-state index contributed by atoms with van der Waals surface area (Å²) in [5, 5.41) is 2.67. The predicted octanol–water partition coefficient (Wildman–Crippen LogP) is 3.91. The van der Waals surface area contributed by atoms with Crippen LogP contribution in [0.25, 0.3) is 0 Å². The van der Waals surface area contributed by atoms with Crippen LogP contribution in [0.3, 0.4) is 0 Å². The first kappa shape index (κ1) is 27.4. The molecule has 9 heteroatoms. The Morgan fingerprint density at radius 1 is 0.944 bits per heavy atom. The molecule has 0 bridgehead atoms. The van der Waals surface area contributed by atoms with Crippen molar-refractivity contribution in [3.8, 4) is 0 Å². The monoisotopic (exact) mass is 571 g/mol. The minimum Gasteiger partial charge on any atom is -0.357 e. The maximum atomic E-state index is 13.8. The summed E-state index contributed by atoms with van der Waals surface area (Å²) in [6.07, 6.45) is 1.35. The minimum absolute atomic E-state index is 0.156. The molecule has 0 aliphatic carbocycles. The van der Waals surface area contributed by atoms with Gasteiger partial charge in [0.05, 0.1) is 11.9 Å². The zero-order valence-electron chi connectivity index (χ0n) is 20.5. The summed E-state index contributed by atoms with van der Waals surface area (Å²) < 4.78 is 27.2. The van der Waals surface area contributed by atoms with Gasteiger partial charge < -0.3 is 10.2 Å². The topological polar surface area (TPSA) is 86.8 Å². The van der Waals surface area contributed by atoms with E-state index in [9.17, 15) is 18.0 Å². The number of nitrogens with zero attached hydrogens (tertiary/aromatic N) is 2. The molecular formula is C27H30BrN3O4S. The van der Waals surface area contributed by atoms with Crippen LogP contribution in [0, 0.1) is 6.92 Å². The molecule has 0 aliphatic heterocycles. The number of hydrogen-bond acceptors (Lipinski definition) is 4. The number of hydrogen-bond donors (Lipinski definition) is 1. The number of halogens is 1. The van der Waals surface area contributed by atoms with E-state index in [0.29, 0.717) is 5.69 Å². The van der Waals surface area contributed by atoms with Gasteiger partial charge in [0.15, 0.2) is 0 Å². The van der Waals surface area contributed by atoms with Crippen molar-refractivity contribution in [2.45, 2.75) is 25.9 Å². The lowest BCUT2D eigenvalue weighted by Crippen LogP contribution is -2.52. The molecular weight excluding hydrogens is 542 g/mol. The van der Waals surface area contributed by atoms with Crippen molar-refractivity contribution in [2.24, 2.45) is 0 Å². The molecule has 0 spiro atoms. The van der Waals surface area contributed by atoms with Crippen LogP contribution in [0.15, 0.2) is 83.3 Å². The highest BCUT2D eigenvalue weighted by molar-refractivity contribution is 9.10. The molecule has 0 fully saturated rings. The molecule has 0 radical (unpaired) electrons. The summed E-state index contributed by atoms with van der Waals surface area (Å²) in [7, 11) is -2.25. The first-order valence-electron chi connectivity index (χ1n) is 11.4. The van der Waals surface area contributed by atoms with E-state index in [1.807, 2.05) is 61.5 Å². The Hall–Kier alpha value is -3.17. The van der Waals surface area contributed by atoms with E-state index in [2.05, 4.69) is 21.2 Å². The van der Waals surface area contributed by atoms with Crippen LogP contribution in [-0.4, -0.2) is 51.0 Å². The van der Waals surface area contributed by atoms with Crippen molar-refractivity contribution < 1.29 is 18.0 Å². The third kappa shape index (κ3) is 7.41. The van der Waals surface area contributed by atoms with Crippen LogP contribution in [0.2, 0.25) is 0 Å². The molecule has 1 atom stereocenters. The van der Waals surface area contributed by atoms with Crippen LogP contribution in [0.5, 0.6) is 0 Å². The second kappa shape index (κ2) is 12.2. The Balaban J connectivity index is 2.02. The summed E-state index contributed by atoms with van der Waals surface area (Å²) in [6, 6.07) is 23.0. The molecule has 0 unspecified atom stereocenters. The first-order valence-corrected chi connectivity index (χ1v) is 14.1. The highest BCUT2D eigenvalue weighted by Gasteiger charge is 2.32. The maximum absolute atomic E-state index is 13.8. The minimum atomic E-state index is -3.78. The Kier molecular flexibility index (Phi) is 9.28. The lowest BCUT2D eigenvalue weighted by atomic mass is 10.0. The van der Waals surface area contributed by atoms with E-state index in [-0.39, 0.29) is 18.9 Å². The van der Waals surface area contributed by atoms with Crippen LogP contribution < -0.4 is 9.62 Å². The SMILES string of the molecule is CNC(=O)[C@H](Cc1ccccc1)N(Cc1cccc(C)c1)C(=O)CN(c1ccc(Br)cc1)S(C)(=O)=O. The van der Waals surface area contributed by atoms with Crippen LogP contribution in [-0.2, 0) is 32.6 Å². The van der Waals surface area contributed by atoms with E-state index in [1.54, 1.807) is 24.3 Å². The fourth-order valence-corrected chi connectivity index (χ4v) is 5.06. The summed E-state index contributed by atoms with van der Waals surface area (Å²) in [6.45, 7) is 1.67. The number of amides is 2. The number of likely N-dealkylation sites (N-methyl/N-ethyl adjacent to an activating group) is 1. The molecule has 0 aromatic heterocycles. The molecule has 1 N–H and O–H groups in total. The molecule has 3 aromatic carbocycles. The number of anilines is 1. The van der Waals surface area contributed by atoms with E-state index < -0.39 is 28.5 Å². The van der Waals surface area contributed by atoms with Gasteiger partial charge in [0.25, 0.3) is 0 Å². The highest BCUT2D eigenvalue weighted by Crippen LogP contribution is 2.22. The summed E-state index contributed by atoms with van der Waals surface area (Å²) in [4.78, 5) is 28.3. The molecule has 0 heterocycles. The maximum Gasteiger partial charge on any atom is 0.244 e. The van der Waals surface area contributed by atoms with Crippen molar-refractivity contribution in [3.05, 3.63) is 100 Å². The number of carbonyl (C=O) groups is 2. The summed E-state index contributed by atoms with van der Waals surface area (Å²) in [5.74, 6) is -0.802. The largest absolute Gasteiger partial charge is 0.357 e. The normalized spacial score (nSPS) is 12.0. The van der Waals surface area contributed by atoms with Crippen LogP contribution in [0.1, 0.15) is 16.7 Å². The number of rotatable bonds is 10. The zero-order chi connectivity index (χ0) is 26.3. The molecule has 190 valence electrons. The van der Waals surface area contributed by atoms with Crippen LogP contribution in [0.4, 0.5) is 5.69 Å². The smallest absolute Gasteiger partial charge is 0.244 e. The number of nitrogens with one attached hydrogen (secondary N) is 1. The van der Waals surface area contributed by atoms with Gasteiger partial charge in [-0.15, -0.1) is 0 Å². The predicted molar refractivity (Wildman–Crippen MR) is 146 cm³/mol. The Morgan fingerprint density at radius 2 is 1.58 bits per heavy atom. The van der Waals surface area contributed by atoms with Gasteiger partial charge in [0.1, 0.15) is 12.6 Å². The second-order valence-electron chi connectivity index (χ2n) is 8.58. The average molecular weight is 573 g/mol. The number of benzene rings is 3. The fraction of sp³-hybridized carbons (Fsp3) is 0.259. The second-order valence-corrected chi connectivity index (χ2v) is 11.4. The number of aryl methyl sites for hydroxylation is 1. The number of sulfonamides is 1. The van der Waals surface area contributed by atoms with Crippen molar-refractivity contribution in [3.63, 3.8) is 0 Å². The van der Waals surface area contributed by atoms with Crippen molar-refractivity contribution in [2.75, 3.05) is 24.2 Å². The molecule has 3 aromatic rings. The Morgan fingerprint density at radius 3 is 2.17 bits per heavy atom. The Labute approximate surface area is 221 Å². The van der Waals surface area contributed by atoms with E-state index in [0.717, 1.165) is 31.7 Å². The molecule has 7 nitrogen and oxygen atoms in total. The lowest BCUT2D eigenvalue weighted by Gasteiger charge is -2.33. The fourth-order valence-electron chi connectivity index (χ4n) is 3.95. The molecule has 0 saturated carbocycles. The molecule has 3 rings (SSSR count). The summed E-state index contributed by atoms with van der Waals surface area (Å²) >= 11 is 3.35.